The van der Waals surface area contributed by atoms with Crippen LogP contribution in [0.1, 0.15) is 28.8 Å². The maximum absolute atomic E-state index is 13.1. The number of nitrogens with zero attached hydrogens (tertiary/aromatic N) is 2. The number of hydrogen-bond acceptors (Lipinski definition) is 5. The Kier molecular flexibility index (Phi) is 6.77. The molecule has 3 aromatic rings. The molecular weight excluding hydrogens is 432 g/mol. The molecule has 1 aliphatic rings. The van der Waals surface area contributed by atoms with Gasteiger partial charge in [0, 0.05) is 37.3 Å². The molecule has 1 fully saturated rings. The number of para-hydroxylation sites is 1. The average molecular weight is 461 g/mol. The molecule has 2 aromatic carbocycles. The zero-order valence-corrected chi connectivity index (χ0v) is 19.3. The highest BCUT2D eigenvalue weighted by Gasteiger charge is 2.43. The summed E-state index contributed by atoms with van der Waals surface area (Å²) in [5.41, 5.74) is 1.14. The number of hydrogen-bond donors (Lipinski definition) is 2. The number of likely N-dealkylation sites (tertiary alicyclic amines) is 1. The van der Waals surface area contributed by atoms with Crippen molar-refractivity contribution in [3.63, 3.8) is 0 Å². The fourth-order valence-electron chi connectivity index (χ4n) is 4.40. The molecule has 176 valence electrons. The molecule has 8 nitrogen and oxygen atoms in total. The number of amides is 3. The van der Waals surface area contributed by atoms with Gasteiger partial charge in [-0.3, -0.25) is 19.4 Å². The van der Waals surface area contributed by atoms with Gasteiger partial charge in [-0.25, -0.2) is 0 Å². The summed E-state index contributed by atoms with van der Waals surface area (Å²) < 4.78 is 5.14. The topological polar surface area (TPSA) is 101 Å². The number of benzene rings is 2. The van der Waals surface area contributed by atoms with E-state index in [4.69, 9.17) is 4.74 Å². The van der Waals surface area contributed by atoms with Crippen molar-refractivity contribution < 1.29 is 19.1 Å². The second kappa shape index (κ2) is 9.91. The first kappa shape index (κ1) is 23.2. The zero-order valence-electron chi connectivity index (χ0n) is 19.3. The van der Waals surface area contributed by atoms with Gasteiger partial charge in [0.1, 0.15) is 11.3 Å². The van der Waals surface area contributed by atoms with Crippen molar-refractivity contribution in [1.29, 1.82) is 0 Å². The standard InChI is InChI=1S/C26H28N4O4/c1-27-25(33)26(29-24(32)18-7-9-20(34-2)10-8-18)12-15-30(16-13-26)23(31)17-19-11-14-28-22-6-4-3-5-21(19)22/h3-11,14H,12-13,15-17H2,1-2H3,(H,27,33)(H,29,32). The van der Waals surface area contributed by atoms with E-state index in [1.807, 2.05) is 30.3 Å². The van der Waals surface area contributed by atoms with Gasteiger partial charge in [0.05, 0.1) is 19.0 Å². The van der Waals surface area contributed by atoms with Crippen molar-refractivity contribution in [2.45, 2.75) is 24.8 Å². The van der Waals surface area contributed by atoms with E-state index in [1.54, 1.807) is 49.5 Å². The molecule has 0 radical (unpaired) electrons. The lowest BCUT2D eigenvalue weighted by molar-refractivity contribution is -0.136. The second-order valence-electron chi connectivity index (χ2n) is 8.39. The maximum atomic E-state index is 13.1. The van der Waals surface area contributed by atoms with Gasteiger partial charge in [-0.15, -0.1) is 0 Å². The van der Waals surface area contributed by atoms with Crippen LogP contribution in [-0.4, -0.2) is 60.4 Å². The number of piperidine rings is 1. The van der Waals surface area contributed by atoms with Crippen LogP contribution in [0.5, 0.6) is 5.75 Å². The predicted octanol–water partition coefficient (Wildman–Crippen LogP) is 2.32. The molecule has 2 N–H and O–H groups in total. The number of nitrogens with one attached hydrogen (secondary N) is 2. The fourth-order valence-corrected chi connectivity index (χ4v) is 4.40. The Balaban J connectivity index is 1.45. The Labute approximate surface area is 198 Å². The van der Waals surface area contributed by atoms with Crippen LogP contribution < -0.4 is 15.4 Å². The summed E-state index contributed by atoms with van der Waals surface area (Å²) in [4.78, 5) is 44.9. The van der Waals surface area contributed by atoms with Gasteiger partial charge < -0.3 is 20.3 Å². The Bertz CT molecular complexity index is 1200. The smallest absolute Gasteiger partial charge is 0.252 e. The summed E-state index contributed by atoms with van der Waals surface area (Å²) in [6, 6.07) is 16.3. The van der Waals surface area contributed by atoms with Crippen LogP contribution in [0.4, 0.5) is 0 Å². The van der Waals surface area contributed by atoms with Gasteiger partial charge >= 0.3 is 0 Å². The second-order valence-corrected chi connectivity index (χ2v) is 8.39. The first-order valence-electron chi connectivity index (χ1n) is 11.2. The number of carbonyl (C=O) groups is 3. The average Bonchev–Trinajstić information content (AvgIpc) is 2.88. The number of ether oxygens (including phenoxy) is 1. The monoisotopic (exact) mass is 460 g/mol. The van der Waals surface area contributed by atoms with Gasteiger partial charge in [0.25, 0.3) is 5.91 Å². The molecule has 1 aromatic heterocycles. The summed E-state index contributed by atoms with van der Waals surface area (Å²) in [5.74, 6) is 0.0329. The summed E-state index contributed by atoms with van der Waals surface area (Å²) in [7, 11) is 3.11. The van der Waals surface area contributed by atoms with Crippen molar-refractivity contribution in [2.24, 2.45) is 0 Å². The number of aromatic nitrogens is 1. The molecule has 0 saturated carbocycles. The third-order valence-electron chi connectivity index (χ3n) is 6.42. The third-order valence-corrected chi connectivity index (χ3v) is 6.42. The van der Waals surface area contributed by atoms with Crippen LogP contribution in [0.3, 0.4) is 0 Å². The lowest BCUT2D eigenvalue weighted by Gasteiger charge is -2.41. The quantitative estimate of drug-likeness (QED) is 0.588. The van der Waals surface area contributed by atoms with Crippen LogP contribution in [0.2, 0.25) is 0 Å². The van der Waals surface area contributed by atoms with Crippen molar-refractivity contribution in [1.82, 2.24) is 20.5 Å². The minimum atomic E-state index is -1.08. The summed E-state index contributed by atoms with van der Waals surface area (Å²) in [5, 5.41) is 6.56. The van der Waals surface area contributed by atoms with Crippen molar-refractivity contribution in [2.75, 3.05) is 27.2 Å². The molecule has 1 saturated heterocycles. The SMILES string of the molecule is CNC(=O)C1(NC(=O)c2ccc(OC)cc2)CCN(C(=O)Cc2ccnc3ccccc23)CC1. The molecule has 0 atom stereocenters. The number of carbonyl (C=O) groups excluding carboxylic acids is 3. The van der Waals surface area contributed by atoms with E-state index in [0.29, 0.717) is 37.2 Å². The first-order chi connectivity index (χ1) is 16.5. The van der Waals surface area contributed by atoms with Crippen molar-refractivity contribution >= 4 is 28.6 Å². The number of fused-ring (bicyclic) bond motifs is 1. The number of rotatable bonds is 6. The van der Waals surface area contributed by atoms with E-state index in [0.717, 1.165) is 16.5 Å². The van der Waals surface area contributed by atoms with Crippen LogP contribution in [0, 0.1) is 0 Å². The summed E-state index contributed by atoms with van der Waals surface area (Å²) in [6.45, 7) is 0.746. The molecule has 0 unspecified atom stereocenters. The van der Waals surface area contributed by atoms with E-state index in [1.165, 1.54) is 0 Å². The van der Waals surface area contributed by atoms with Crippen LogP contribution in [0.15, 0.2) is 60.8 Å². The van der Waals surface area contributed by atoms with Gasteiger partial charge in [0.2, 0.25) is 11.8 Å². The van der Waals surface area contributed by atoms with E-state index in [2.05, 4.69) is 15.6 Å². The van der Waals surface area contributed by atoms with Crippen molar-refractivity contribution in [3.05, 3.63) is 71.9 Å². The molecule has 3 amide bonds. The summed E-state index contributed by atoms with van der Waals surface area (Å²) >= 11 is 0. The molecule has 0 bridgehead atoms. The zero-order chi connectivity index (χ0) is 24.1. The molecule has 0 spiro atoms. The normalized spacial score (nSPS) is 14.9. The lowest BCUT2D eigenvalue weighted by atomic mass is 9.85. The van der Waals surface area contributed by atoms with Crippen molar-refractivity contribution in [3.8, 4) is 5.75 Å². The highest BCUT2D eigenvalue weighted by Crippen LogP contribution is 2.25. The minimum Gasteiger partial charge on any atom is -0.497 e. The third kappa shape index (κ3) is 4.71. The van der Waals surface area contributed by atoms with Crippen LogP contribution in [0.25, 0.3) is 10.9 Å². The van der Waals surface area contributed by atoms with Crippen LogP contribution in [-0.2, 0) is 16.0 Å². The Morgan fingerprint density at radius 3 is 2.41 bits per heavy atom. The highest BCUT2D eigenvalue weighted by molar-refractivity contribution is 5.99. The maximum Gasteiger partial charge on any atom is 0.252 e. The molecular formula is C26H28N4O4. The molecule has 1 aliphatic heterocycles. The number of methoxy groups -OCH3 is 1. The first-order valence-corrected chi connectivity index (χ1v) is 11.2. The Hall–Kier alpha value is -3.94. The van der Waals surface area contributed by atoms with E-state index in [-0.39, 0.29) is 24.1 Å². The van der Waals surface area contributed by atoms with E-state index < -0.39 is 5.54 Å². The van der Waals surface area contributed by atoms with Crippen LogP contribution >= 0.6 is 0 Å². The van der Waals surface area contributed by atoms with Gasteiger partial charge in [-0.05, 0) is 54.8 Å². The van der Waals surface area contributed by atoms with E-state index in [9.17, 15) is 14.4 Å². The lowest BCUT2D eigenvalue weighted by Crippen LogP contribution is -2.63. The molecule has 34 heavy (non-hydrogen) atoms. The Morgan fingerprint density at radius 1 is 1.03 bits per heavy atom. The molecule has 2 heterocycles. The summed E-state index contributed by atoms with van der Waals surface area (Å²) in [6.07, 6.45) is 2.63. The van der Waals surface area contributed by atoms with Gasteiger partial charge in [0.15, 0.2) is 0 Å². The van der Waals surface area contributed by atoms with Gasteiger partial charge in [-0.2, -0.15) is 0 Å². The largest absolute Gasteiger partial charge is 0.497 e. The predicted molar refractivity (Wildman–Crippen MR) is 129 cm³/mol. The molecule has 8 heteroatoms. The minimum absolute atomic E-state index is 0.0108. The Morgan fingerprint density at radius 2 is 1.74 bits per heavy atom. The number of pyridine rings is 1. The fraction of sp³-hybridized carbons (Fsp3) is 0.308. The number of likely N-dealkylation sites (N-methyl/N-ethyl adjacent to an activating group) is 1. The molecule has 0 aliphatic carbocycles. The van der Waals surface area contributed by atoms with E-state index >= 15 is 0 Å². The highest BCUT2D eigenvalue weighted by atomic mass is 16.5. The van der Waals surface area contributed by atoms with Gasteiger partial charge in [-0.1, -0.05) is 18.2 Å². The molecule has 4 rings (SSSR count).